The SMILES string of the molecule is CN(Cc1nc(-c2ccc(Cl)cc2)no1)C1CCCc2ccccc21. The third-order valence-corrected chi connectivity index (χ3v) is 5.08. The van der Waals surface area contributed by atoms with Gasteiger partial charge in [-0.2, -0.15) is 4.98 Å². The van der Waals surface area contributed by atoms with E-state index in [2.05, 4.69) is 46.4 Å². The number of benzene rings is 2. The maximum absolute atomic E-state index is 5.93. The summed E-state index contributed by atoms with van der Waals surface area (Å²) in [6.07, 6.45) is 3.54. The summed E-state index contributed by atoms with van der Waals surface area (Å²) in [6, 6.07) is 16.6. The van der Waals surface area contributed by atoms with Gasteiger partial charge >= 0.3 is 0 Å². The highest BCUT2D eigenvalue weighted by Crippen LogP contribution is 2.34. The summed E-state index contributed by atoms with van der Waals surface area (Å²) in [5.41, 5.74) is 3.79. The predicted octanol–water partition coefficient (Wildman–Crippen LogP) is 4.90. The second kappa shape index (κ2) is 6.98. The third kappa shape index (κ3) is 3.46. The van der Waals surface area contributed by atoms with E-state index in [-0.39, 0.29) is 0 Å². The van der Waals surface area contributed by atoms with Crippen molar-refractivity contribution < 1.29 is 4.52 Å². The lowest BCUT2D eigenvalue weighted by Crippen LogP contribution is -2.27. The Bertz CT molecular complexity index is 859. The summed E-state index contributed by atoms with van der Waals surface area (Å²) in [5.74, 6) is 1.24. The van der Waals surface area contributed by atoms with Gasteiger partial charge in [0, 0.05) is 16.6 Å². The molecule has 1 aliphatic carbocycles. The second-order valence-corrected chi connectivity index (χ2v) is 6.98. The van der Waals surface area contributed by atoms with Crippen molar-refractivity contribution >= 4 is 11.6 Å². The van der Waals surface area contributed by atoms with E-state index in [9.17, 15) is 0 Å². The standard InChI is InChI=1S/C20H20ClN3O/c1-24(18-8-4-6-14-5-2-3-7-17(14)18)13-19-22-20(23-25-19)15-9-11-16(21)12-10-15/h2-3,5,7,9-12,18H,4,6,8,13H2,1H3. The fraction of sp³-hybridized carbons (Fsp3) is 0.300. The molecule has 1 aliphatic rings. The molecule has 0 fully saturated rings. The predicted molar refractivity (Wildman–Crippen MR) is 98.3 cm³/mol. The Morgan fingerprint density at radius 3 is 2.80 bits per heavy atom. The Morgan fingerprint density at radius 1 is 1.16 bits per heavy atom. The van der Waals surface area contributed by atoms with Crippen molar-refractivity contribution in [2.24, 2.45) is 0 Å². The van der Waals surface area contributed by atoms with Crippen molar-refractivity contribution in [3.63, 3.8) is 0 Å². The van der Waals surface area contributed by atoms with E-state index in [1.807, 2.05) is 24.3 Å². The number of nitrogens with zero attached hydrogens (tertiary/aromatic N) is 3. The number of hydrogen-bond acceptors (Lipinski definition) is 4. The lowest BCUT2D eigenvalue weighted by Gasteiger charge is -2.32. The van der Waals surface area contributed by atoms with Gasteiger partial charge in [-0.15, -0.1) is 0 Å². The fourth-order valence-electron chi connectivity index (χ4n) is 3.54. The minimum Gasteiger partial charge on any atom is -0.338 e. The largest absolute Gasteiger partial charge is 0.338 e. The van der Waals surface area contributed by atoms with Crippen LogP contribution in [0.4, 0.5) is 0 Å². The lowest BCUT2D eigenvalue weighted by atomic mass is 9.87. The van der Waals surface area contributed by atoms with Crippen LogP contribution < -0.4 is 0 Å². The molecule has 0 aliphatic heterocycles. The molecule has 4 nitrogen and oxygen atoms in total. The molecule has 5 heteroatoms. The molecule has 0 bridgehead atoms. The Hall–Kier alpha value is -2.17. The first-order valence-corrected chi connectivity index (χ1v) is 8.95. The zero-order chi connectivity index (χ0) is 17.2. The van der Waals surface area contributed by atoms with Crippen LogP contribution in [0.1, 0.15) is 35.9 Å². The number of aryl methyl sites for hydroxylation is 1. The average Bonchev–Trinajstić information content (AvgIpc) is 3.10. The number of rotatable bonds is 4. The summed E-state index contributed by atoms with van der Waals surface area (Å²) in [5, 5.41) is 4.80. The van der Waals surface area contributed by atoms with Crippen LogP contribution in [0.5, 0.6) is 0 Å². The molecule has 1 aromatic heterocycles. The van der Waals surface area contributed by atoms with Crippen molar-refractivity contribution in [3.05, 3.63) is 70.6 Å². The molecule has 0 radical (unpaired) electrons. The highest BCUT2D eigenvalue weighted by atomic mass is 35.5. The summed E-state index contributed by atoms with van der Waals surface area (Å²) in [4.78, 5) is 6.84. The minimum atomic E-state index is 0.399. The molecule has 3 aromatic rings. The smallest absolute Gasteiger partial charge is 0.241 e. The number of hydrogen-bond donors (Lipinski definition) is 0. The van der Waals surface area contributed by atoms with Crippen LogP contribution in [-0.4, -0.2) is 22.1 Å². The van der Waals surface area contributed by atoms with Crippen LogP contribution in [0.3, 0.4) is 0 Å². The van der Waals surface area contributed by atoms with Crippen molar-refractivity contribution in [3.8, 4) is 11.4 Å². The molecule has 0 saturated heterocycles. The molecule has 2 aromatic carbocycles. The van der Waals surface area contributed by atoms with Gasteiger partial charge < -0.3 is 4.52 Å². The van der Waals surface area contributed by atoms with E-state index in [1.165, 1.54) is 24.0 Å². The highest BCUT2D eigenvalue weighted by Gasteiger charge is 2.24. The van der Waals surface area contributed by atoms with Gasteiger partial charge in [-0.1, -0.05) is 41.0 Å². The van der Waals surface area contributed by atoms with E-state index >= 15 is 0 Å². The second-order valence-electron chi connectivity index (χ2n) is 6.54. The van der Waals surface area contributed by atoms with Crippen molar-refractivity contribution in [2.75, 3.05) is 7.05 Å². The Labute approximate surface area is 152 Å². The van der Waals surface area contributed by atoms with Gasteiger partial charge in [-0.25, -0.2) is 0 Å². The lowest BCUT2D eigenvalue weighted by molar-refractivity contribution is 0.187. The maximum atomic E-state index is 5.93. The molecule has 1 atom stereocenters. The monoisotopic (exact) mass is 353 g/mol. The number of halogens is 1. The van der Waals surface area contributed by atoms with E-state index in [4.69, 9.17) is 16.1 Å². The molecule has 0 N–H and O–H groups in total. The number of fused-ring (bicyclic) bond motifs is 1. The van der Waals surface area contributed by atoms with Crippen LogP contribution >= 0.6 is 11.6 Å². The Kier molecular flexibility index (Phi) is 4.55. The van der Waals surface area contributed by atoms with Crippen molar-refractivity contribution in [2.45, 2.75) is 31.8 Å². The summed E-state index contributed by atoms with van der Waals surface area (Å²) in [6.45, 7) is 0.638. The molecular weight excluding hydrogens is 334 g/mol. The van der Waals surface area contributed by atoms with Crippen LogP contribution in [0.25, 0.3) is 11.4 Å². The van der Waals surface area contributed by atoms with Gasteiger partial charge in [0.15, 0.2) is 0 Å². The molecule has 0 amide bonds. The van der Waals surface area contributed by atoms with Crippen LogP contribution in [0, 0.1) is 0 Å². The normalized spacial score (nSPS) is 16.8. The molecular formula is C20H20ClN3O. The molecule has 0 spiro atoms. The van der Waals surface area contributed by atoms with Gasteiger partial charge in [0.2, 0.25) is 11.7 Å². The molecule has 25 heavy (non-hydrogen) atoms. The topological polar surface area (TPSA) is 42.2 Å². The number of aromatic nitrogens is 2. The quantitative estimate of drug-likeness (QED) is 0.669. The first-order valence-electron chi connectivity index (χ1n) is 8.57. The third-order valence-electron chi connectivity index (χ3n) is 4.82. The summed E-state index contributed by atoms with van der Waals surface area (Å²) < 4.78 is 5.46. The zero-order valence-corrected chi connectivity index (χ0v) is 14.9. The Morgan fingerprint density at radius 2 is 1.96 bits per heavy atom. The highest BCUT2D eigenvalue weighted by molar-refractivity contribution is 6.30. The molecule has 0 saturated carbocycles. The summed E-state index contributed by atoms with van der Waals surface area (Å²) >= 11 is 5.93. The van der Waals surface area contributed by atoms with E-state index in [0.29, 0.717) is 29.3 Å². The molecule has 4 rings (SSSR count). The summed E-state index contributed by atoms with van der Waals surface area (Å²) in [7, 11) is 2.12. The van der Waals surface area contributed by atoms with Crippen LogP contribution in [0.2, 0.25) is 5.02 Å². The first-order chi connectivity index (χ1) is 12.2. The fourth-order valence-corrected chi connectivity index (χ4v) is 3.67. The molecule has 1 unspecified atom stereocenters. The molecule has 1 heterocycles. The van der Waals surface area contributed by atoms with Gasteiger partial charge in [-0.3, -0.25) is 4.90 Å². The van der Waals surface area contributed by atoms with E-state index in [1.54, 1.807) is 0 Å². The van der Waals surface area contributed by atoms with E-state index in [0.717, 1.165) is 12.0 Å². The van der Waals surface area contributed by atoms with Crippen molar-refractivity contribution in [1.82, 2.24) is 15.0 Å². The van der Waals surface area contributed by atoms with Crippen LogP contribution in [-0.2, 0) is 13.0 Å². The molecule has 128 valence electrons. The van der Waals surface area contributed by atoms with Gasteiger partial charge in [-0.05, 0) is 61.7 Å². The first kappa shape index (κ1) is 16.3. The Balaban J connectivity index is 1.50. The maximum Gasteiger partial charge on any atom is 0.241 e. The van der Waals surface area contributed by atoms with Crippen molar-refractivity contribution in [1.29, 1.82) is 0 Å². The van der Waals surface area contributed by atoms with Crippen LogP contribution in [0.15, 0.2) is 53.1 Å². The zero-order valence-electron chi connectivity index (χ0n) is 14.2. The average molecular weight is 354 g/mol. The van der Waals surface area contributed by atoms with Gasteiger partial charge in [0.1, 0.15) is 0 Å². The van der Waals surface area contributed by atoms with Gasteiger partial charge in [0.05, 0.1) is 6.54 Å². The van der Waals surface area contributed by atoms with E-state index < -0.39 is 0 Å². The minimum absolute atomic E-state index is 0.399. The van der Waals surface area contributed by atoms with Gasteiger partial charge in [0.25, 0.3) is 0 Å².